The molecular formula is C21H25N3O6S. The molecule has 0 unspecified atom stereocenters. The Hall–Kier alpha value is -3.11. The molecule has 166 valence electrons. The van der Waals surface area contributed by atoms with Gasteiger partial charge in [-0.2, -0.15) is 4.31 Å². The van der Waals surface area contributed by atoms with Crippen molar-refractivity contribution >= 4 is 21.8 Å². The largest absolute Gasteiger partial charge is 0.493 e. The normalized spacial score (nSPS) is 14.1. The Labute approximate surface area is 181 Å². The Morgan fingerprint density at radius 2 is 1.61 bits per heavy atom. The smallest absolute Gasteiger partial charge is 0.269 e. The zero-order chi connectivity index (χ0) is 22.3. The van der Waals surface area contributed by atoms with Gasteiger partial charge in [0.2, 0.25) is 15.9 Å². The van der Waals surface area contributed by atoms with Crippen molar-refractivity contribution in [3.63, 3.8) is 0 Å². The van der Waals surface area contributed by atoms with Gasteiger partial charge in [-0.1, -0.05) is 12.1 Å². The number of hydrogen-bond acceptors (Lipinski definition) is 6. The van der Waals surface area contributed by atoms with E-state index in [1.165, 1.54) is 35.7 Å². The number of nitrogens with one attached hydrogen (secondary N) is 2. The van der Waals surface area contributed by atoms with E-state index in [-0.39, 0.29) is 23.5 Å². The van der Waals surface area contributed by atoms with Crippen LogP contribution in [-0.2, 0) is 14.8 Å². The van der Waals surface area contributed by atoms with Gasteiger partial charge < -0.3 is 9.47 Å². The van der Waals surface area contributed by atoms with Crippen LogP contribution in [0.15, 0.2) is 53.4 Å². The highest BCUT2D eigenvalue weighted by Gasteiger charge is 2.27. The van der Waals surface area contributed by atoms with Crippen molar-refractivity contribution in [1.82, 2.24) is 15.2 Å². The number of hydrazine groups is 1. The third-order valence-corrected chi connectivity index (χ3v) is 6.70. The van der Waals surface area contributed by atoms with Gasteiger partial charge in [0.15, 0.2) is 11.5 Å². The Bertz CT molecular complexity index is 1020. The molecule has 0 spiro atoms. The molecule has 31 heavy (non-hydrogen) atoms. The van der Waals surface area contributed by atoms with Gasteiger partial charge in [0.05, 0.1) is 25.0 Å². The summed E-state index contributed by atoms with van der Waals surface area (Å²) in [6, 6.07) is 12.7. The minimum absolute atomic E-state index is 0.0192. The first-order chi connectivity index (χ1) is 14.9. The van der Waals surface area contributed by atoms with E-state index in [1.54, 1.807) is 18.2 Å². The third-order valence-electron chi connectivity index (χ3n) is 4.79. The summed E-state index contributed by atoms with van der Waals surface area (Å²) in [5.74, 6) is 0.0952. The summed E-state index contributed by atoms with van der Waals surface area (Å²) >= 11 is 0. The number of nitrogens with zero attached hydrogens (tertiary/aromatic N) is 1. The number of ether oxygens (including phenoxy) is 2. The number of carbonyl (C=O) groups is 2. The second kappa shape index (κ2) is 10.3. The summed E-state index contributed by atoms with van der Waals surface area (Å²) in [4.78, 5) is 24.3. The lowest BCUT2D eigenvalue weighted by atomic mass is 10.2. The lowest BCUT2D eigenvalue weighted by molar-refractivity contribution is -0.122. The first-order valence-corrected chi connectivity index (χ1v) is 11.3. The summed E-state index contributed by atoms with van der Waals surface area (Å²) in [6.45, 7) is 1.12. The molecule has 1 heterocycles. The van der Waals surface area contributed by atoms with E-state index in [9.17, 15) is 18.0 Å². The molecule has 3 rings (SSSR count). The van der Waals surface area contributed by atoms with Gasteiger partial charge in [0.1, 0.15) is 0 Å². The highest BCUT2D eigenvalue weighted by molar-refractivity contribution is 7.89. The lowest BCUT2D eigenvalue weighted by Crippen LogP contribution is -2.42. The van der Waals surface area contributed by atoms with Crippen LogP contribution in [0, 0.1) is 0 Å². The molecule has 0 aliphatic carbocycles. The van der Waals surface area contributed by atoms with Gasteiger partial charge in [-0.3, -0.25) is 20.4 Å². The van der Waals surface area contributed by atoms with Crippen molar-refractivity contribution < 1.29 is 27.5 Å². The predicted molar refractivity (Wildman–Crippen MR) is 113 cm³/mol. The molecule has 2 amide bonds. The monoisotopic (exact) mass is 447 g/mol. The summed E-state index contributed by atoms with van der Waals surface area (Å²) < 4.78 is 37.2. The average Bonchev–Trinajstić information content (AvgIpc) is 3.34. The van der Waals surface area contributed by atoms with Gasteiger partial charge in [0, 0.05) is 18.7 Å². The van der Waals surface area contributed by atoms with Crippen LogP contribution in [0.2, 0.25) is 0 Å². The van der Waals surface area contributed by atoms with Crippen LogP contribution in [0.25, 0.3) is 0 Å². The van der Waals surface area contributed by atoms with Crippen molar-refractivity contribution in [1.29, 1.82) is 0 Å². The van der Waals surface area contributed by atoms with Crippen molar-refractivity contribution in [3.8, 4) is 11.5 Å². The number of sulfonamides is 1. The molecule has 0 bridgehead atoms. The molecule has 2 aromatic rings. The minimum atomic E-state index is -3.54. The van der Waals surface area contributed by atoms with E-state index >= 15 is 0 Å². The summed E-state index contributed by atoms with van der Waals surface area (Å²) in [5, 5.41) is 0. The minimum Gasteiger partial charge on any atom is -0.493 e. The van der Waals surface area contributed by atoms with Crippen molar-refractivity contribution in [2.24, 2.45) is 0 Å². The number of rotatable bonds is 8. The number of carbonyl (C=O) groups excluding carboxylic acids is 2. The molecule has 1 saturated heterocycles. The van der Waals surface area contributed by atoms with E-state index in [0.717, 1.165) is 12.8 Å². The Kier molecular flexibility index (Phi) is 7.48. The van der Waals surface area contributed by atoms with Gasteiger partial charge in [-0.25, -0.2) is 8.42 Å². The van der Waals surface area contributed by atoms with Gasteiger partial charge in [-0.15, -0.1) is 0 Å². The van der Waals surface area contributed by atoms with Gasteiger partial charge >= 0.3 is 0 Å². The fraction of sp³-hybridized carbons (Fsp3) is 0.333. The molecule has 1 aliphatic heterocycles. The molecule has 0 aromatic heterocycles. The van der Waals surface area contributed by atoms with Crippen LogP contribution in [0.3, 0.4) is 0 Å². The number of para-hydroxylation sites is 2. The average molecular weight is 448 g/mol. The molecule has 0 saturated carbocycles. The molecule has 2 aromatic carbocycles. The molecule has 2 N–H and O–H groups in total. The van der Waals surface area contributed by atoms with Crippen LogP contribution in [0.5, 0.6) is 11.5 Å². The number of methoxy groups -OCH3 is 1. The van der Waals surface area contributed by atoms with E-state index < -0.39 is 21.8 Å². The van der Waals surface area contributed by atoms with Crippen molar-refractivity contribution in [2.45, 2.75) is 24.2 Å². The summed E-state index contributed by atoms with van der Waals surface area (Å²) in [6.07, 6.45) is 1.72. The van der Waals surface area contributed by atoms with Crippen LogP contribution in [-0.4, -0.2) is 51.3 Å². The van der Waals surface area contributed by atoms with Crippen LogP contribution < -0.4 is 20.3 Å². The first kappa shape index (κ1) is 22.6. The zero-order valence-electron chi connectivity index (χ0n) is 17.2. The molecular weight excluding hydrogens is 422 g/mol. The fourth-order valence-corrected chi connectivity index (χ4v) is 4.63. The molecule has 1 fully saturated rings. The predicted octanol–water partition coefficient (Wildman–Crippen LogP) is 1.71. The molecule has 9 nitrogen and oxygen atoms in total. The maximum atomic E-state index is 12.5. The summed E-state index contributed by atoms with van der Waals surface area (Å²) in [5.41, 5.74) is 4.84. The standard InChI is InChI=1S/C21H25N3O6S/c1-29-18-6-2-3-7-19(18)30-15-12-20(25)22-23-21(26)16-8-10-17(11-9-16)31(27,28)24-13-4-5-14-24/h2-3,6-11H,4-5,12-15H2,1H3,(H,22,25)(H,23,26). The second-order valence-electron chi connectivity index (χ2n) is 6.89. The van der Waals surface area contributed by atoms with E-state index in [4.69, 9.17) is 9.47 Å². The zero-order valence-corrected chi connectivity index (χ0v) is 18.0. The SMILES string of the molecule is COc1ccccc1OCCC(=O)NNC(=O)c1ccc(S(=O)(=O)N2CCCC2)cc1. The lowest BCUT2D eigenvalue weighted by Gasteiger charge is -2.15. The molecule has 1 aliphatic rings. The van der Waals surface area contributed by atoms with E-state index in [2.05, 4.69) is 10.9 Å². The topological polar surface area (TPSA) is 114 Å². The van der Waals surface area contributed by atoms with Crippen molar-refractivity contribution in [2.75, 3.05) is 26.8 Å². The van der Waals surface area contributed by atoms with Gasteiger partial charge in [-0.05, 0) is 49.2 Å². The highest BCUT2D eigenvalue weighted by atomic mass is 32.2. The summed E-state index contributed by atoms with van der Waals surface area (Å²) in [7, 11) is -2.01. The van der Waals surface area contributed by atoms with Crippen LogP contribution >= 0.6 is 0 Å². The maximum Gasteiger partial charge on any atom is 0.269 e. The Morgan fingerprint density at radius 3 is 2.26 bits per heavy atom. The fourth-order valence-electron chi connectivity index (χ4n) is 3.11. The third kappa shape index (κ3) is 5.74. The van der Waals surface area contributed by atoms with E-state index in [1.807, 2.05) is 6.07 Å². The number of benzene rings is 2. The molecule has 10 heteroatoms. The first-order valence-electron chi connectivity index (χ1n) is 9.87. The highest BCUT2D eigenvalue weighted by Crippen LogP contribution is 2.25. The second-order valence-corrected chi connectivity index (χ2v) is 8.83. The Balaban J connectivity index is 1.46. The number of amides is 2. The quantitative estimate of drug-likeness (QED) is 0.596. The molecule has 0 radical (unpaired) electrons. The van der Waals surface area contributed by atoms with Gasteiger partial charge in [0.25, 0.3) is 5.91 Å². The van der Waals surface area contributed by atoms with E-state index in [0.29, 0.717) is 24.6 Å². The Morgan fingerprint density at radius 1 is 0.968 bits per heavy atom. The number of hydrogen-bond donors (Lipinski definition) is 2. The van der Waals surface area contributed by atoms with Crippen LogP contribution in [0.4, 0.5) is 0 Å². The van der Waals surface area contributed by atoms with Crippen LogP contribution in [0.1, 0.15) is 29.6 Å². The molecule has 0 atom stereocenters. The maximum absolute atomic E-state index is 12.5. The van der Waals surface area contributed by atoms with Crippen molar-refractivity contribution in [3.05, 3.63) is 54.1 Å².